The Hall–Kier alpha value is -1.42. The van der Waals surface area contributed by atoms with Crippen LogP contribution in [0.3, 0.4) is 0 Å². The highest BCUT2D eigenvalue weighted by atomic mass is 32.2. The summed E-state index contributed by atoms with van der Waals surface area (Å²) in [6, 6.07) is 4.15. The van der Waals surface area contributed by atoms with E-state index in [2.05, 4.69) is 9.46 Å². The predicted molar refractivity (Wildman–Crippen MR) is 105 cm³/mol. The molecule has 5 rings (SSSR count). The molecule has 0 aromatic heterocycles. The van der Waals surface area contributed by atoms with Crippen molar-refractivity contribution in [1.29, 1.82) is 0 Å². The van der Waals surface area contributed by atoms with Gasteiger partial charge in [0.1, 0.15) is 5.75 Å². The Morgan fingerprint density at radius 2 is 1.62 bits per heavy atom. The molecule has 4 aliphatic carbocycles. The lowest BCUT2D eigenvalue weighted by atomic mass is 9.53. The number of halogens is 3. The number of thioether (sulfide) groups is 1. The van der Waals surface area contributed by atoms with Crippen LogP contribution in [0.2, 0.25) is 0 Å². The maximum atomic E-state index is 12.7. The molecule has 160 valence electrons. The number of nitrogens with one attached hydrogen (secondary N) is 1. The number of hydrogen-bond acceptors (Lipinski definition) is 5. The number of nitrogens with zero attached hydrogens (tertiary/aromatic N) is 1. The molecule has 10 heteroatoms. The summed E-state index contributed by atoms with van der Waals surface area (Å²) in [4.78, 5) is 4.74. The molecule has 29 heavy (non-hydrogen) atoms. The zero-order chi connectivity index (χ0) is 20.9. The van der Waals surface area contributed by atoms with Gasteiger partial charge in [-0.25, -0.2) is 8.42 Å². The summed E-state index contributed by atoms with van der Waals surface area (Å²) in [6.45, 7) is 0. The minimum absolute atomic E-state index is 0.140. The smallest absolute Gasteiger partial charge is 0.406 e. The predicted octanol–water partition coefficient (Wildman–Crippen LogP) is 4.55. The lowest BCUT2D eigenvalue weighted by Gasteiger charge is -2.55. The second-order valence-electron chi connectivity index (χ2n) is 8.39. The maximum Gasteiger partial charge on any atom is 0.573 e. The standard InChI is InChI=1S/C19H23F3N2O3S2/c1-28-17(23-18-9-12-6-13(10-18)8-14(7-12)11-18)24-29(25,26)16-4-2-15(3-5-16)27-19(20,21)22/h2-5,12-14H,6-11H2,1H3,(H,23,24). The zero-order valence-electron chi connectivity index (χ0n) is 15.9. The number of benzene rings is 1. The maximum absolute atomic E-state index is 12.7. The monoisotopic (exact) mass is 448 g/mol. The first-order valence-corrected chi connectivity index (χ1v) is 12.3. The highest BCUT2D eigenvalue weighted by molar-refractivity contribution is 8.14. The molecule has 0 radical (unpaired) electrons. The van der Waals surface area contributed by atoms with Crippen molar-refractivity contribution in [3.05, 3.63) is 24.3 Å². The molecule has 4 saturated carbocycles. The van der Waals surface area contributed by atoms with Crippen LogP contribution < -0.4 is 9.46 Å². The van der Waals surface area contributed by atoms with Crippen molar-refractivity contribution in [3.63, 3.8) is 0 Å². The Morgan fingerprint density at radius 1 is 1.10 bits per heavy atom. The Morgan fingerprint density at radius 3 is 2.07 bits per heavy atom. The van der Waals surface area contributed by atoms with Crippen LogP contribution in [0.1, 0.15) is 38.5 Å². The van der Waals surface area contributed by atoms with Gasteiger partial charge in [0.2, 0.25) is 0 Å². The van der Waals surface area contributed by atoms with Crippen molar-refractivity contribution in [2.75, 3.05) is 6.26 Å². The lowest BCUT2D eigenvalue weighted by molar-refractivity contribution is -0.274. The fourth-order valence-corrected chi connectivity index (χ4v) is 7.36. The van der Waals surface area contributed by atoms with E-state index in [4.69, 9.17) is 4.99 Å². The van der Waals surface area contributed by atoms with Crippen molar-refractivity contribution in [3.8, 4) is 5.75 Å². The molecule has 4 bridgehead atoms. The average Bonchev–Trinajstić information content (AvgIpc) is 2.58. The Kier molecular flexibility index (Phi) is 5.30. The summed E-state index contributed by atoms with van der Waals surface area (Å²) in [5.74, 6) is 1.59. The molecular weight excluding hydrogens is 425 g/mol. The van der Waals surface area contributed by atoms with Gasteiger partial charge in [-0.3, -0.25) is 9.71 Å². The van der Waals surface area contributed by atoms with Crippen molar-refractivity contribution >= 4 is 27.0 Å². The van der Waals surface area contributed by atoms with E-state index in [0.29, 0.717) is 22.9 Å². The van der Waals surface area contributed by atoms with E-state index >= 15 is 0 Å². The normalized spacial score (nSPS) is 31.7. The molecular formula is C19H23F3N2O3S2. The summed E-state index contributed by atoms with van der Waals surface area (Å²) in [5.41, 5.74) is -0.181. The molecule has 0 unspecified atom stereocenters. The summed E-state index contributed by atoms with van der Waals surface area (Å²) >= 11 is 1.24. The molecule has 4 aliphatic rings. The fraction of sp³-hybridized carbons (Fsp3) is 0.632. The first-order chi connectivity index (χ1) is 13.6. The summed E-state index contributed by atoms with van der Waals surface area (Å²) in [6.07, 6.45) is 3.76. The third-order valence-electron chi connectivity index (χ3n) is 6.13. The third kappa shape index (κ3) is 4.68. The summed E-state index contributed by atoms with van der Waals surface area (Å²) < 4.78 is 68.6. The van der Waals surface area contributed by atoms with Gasteiger partial charge >= 0.3 is 6.36 Å². The number of sulfonamides is 1. The van der Waals surface area contributed by atoms with Crippen molar-refractivity contribution in [1.82, 2.24) is 4.72 Å². The fourth-order valence-electron chi connectivity index (χ4n) is 5.52. The van der Waals surface area contributed by atoms with Gasteiger partial charge in [0.15, 0.2) is 5.17 Å². The molecule has 0 heterocycles. The third-order valence-corrected chi connectivity index (χ3v) is 8.19. The summed E-state index contributed by atoms with van der Waals surface area (Å²) in [7, 11) is -3.95. The van der Waals surface area contributed by atoms with E-state index < -0.39 is 22.1 Å². The minimum atomic E-state index is -4.82. The molecule has 0 saturated heterocycles. The van der Waals surface area contributed by atoms with Crippen LogP contribution in [-0.4, -0.2) is 31.7 Å². The van der Waals surface area contributed by atoms with Crippen molar-refractivity contribution in [2.45, 2.75) is 55.3 Å². The van der Waals surface area contributed by atoms with Gasteiger partial charge < -0.3 is 4.74 Å². The quantitative estimate of drug-likeness (QED) is 0.542. The molecule has 0 spiro atoms. The second kappa shape index (κ2) is 7.37. The average molecular weight is 449 g/mol. The van der Waals surface area contributed by atoms with Crippen LogP contribution in [0.5, 0.6) is 5.75 Å². The van der Waals surface area contributed by atoms with E-state index in [9.17, 15) is 21.6 Å². The molecule has 1 N–H and O–H groups in total. The number of alkyl halides is 3. The molecule has 5 nitrogen and oxygen atoms in total. The first-order valence-electron chi connectivity index (χ1n) is 9.58. The largest absolute Gasteiger partial charge is 0.573 e. The molecule has 1 aromatic carbocycles. The van der Waals surface area contributed by atoms with Gasteiger partial charge in [0, 0.05) is 0 Å². The van der Waals surface area contributed by atoms with Gasteiger partial charge in [-0.05, 0) is 86.8 Å². The van der Waals surface area contributed by atoms with Gasteiger partial charge in [-0.2, -0.15) is 0 Å². The Labute approximate surface area is 172 Å². The zero-order valence-corrected chi connectivity index (χ0v) is 17.5. The van der Waals surface area contributed by atoms with Crippen LogP contribution in [0.15, 0.2) is 34.2 Å². The van der Waals surface area contributed by atoms with Crippen LogP contribution in [0, 0.1) is 17.8 Å². The van der Waals surface area contributed by atoms with E-state index in [1.165, 1.54) is 31.0 Å². The molecule has 0 atom stereocenters. The Balaban J connectivity index is 1.51. The van der Waals surface area contributed by atoms with E-state index in [1.807, 2.05) is 0 Å². The van der Waals surface area contributed by atoms with Gasteiger partial charge in [-0.1, -0.05) is 11.8 Å². The van der Waals surface area contributed by atoms with Crippen molar-refractivity contribution in [2.24, 2.45) is 22.7 Å². The van der Waals surface area contributed by atoms with E-state index in [0.717, 1.165) is 43.5 Å². The topological polar surface area (TPSA) is 67.8 Å². The highest BCUT2D eigenvalue weighted by Crippen LogP contribution is 2.57. The SMILES string of the molecule is CSC(=NC12CC3CC(CC(C3)C1)C2)NS(=O)(=O)c1ccc(OC(F)(F)F)cc1. The molecule has 0 amide bonds. The van der Waals surface area contributed by atoms with Gasteiger partial charge in [0.05, 0.1) is 10.4 Å². The highest BCUT2D eigenvalue weighted by Gasteiger charge is 2.51. The summed E-state index contributed by atoms with van der Waals surface area (Å²) in [5, 5.41) is 0.336. The van der Waals surface area contributed by atoms with E-state index in [1.54, 1.807) is 6.26 Å². The van der Waals surface area contributed by atoms with Crippen LogP contribution in [0.25, 0.3) is 0 Å². The van der Waals surface area contributed by atoms with Crippen LogP contribution in [-0.2, 0) is 10.0 Å². The minimum Gasteiger partial charge on any atom is -0.406 e. The number of rotatable bonds is 4. The molecule has 4 fully saturated rings. The number of aliphatic imine (C=N–C) groups is 1. The van der Waals surface area contributed by atoms with Crippen LogP contribution >= 0.6 is 11.8 Å². The van der Waals surface area contributed by atoms with Crippen molar-refractivity contribution < 1.29 is 26.3 Å². The first kappa shape index (κ1) is 20.8. The number of amidine groups is 1. The number of hydrogen-bond donors (Lipinski definition) is 1. The van der Waals surface area contributed by atoms with Gasteiger partial charge in [-0.15, -0.1) is 13.2 Å². The molecule has 1 aromatic rings. The molecule has 0 aliphatic heterocycles. The number of ether oxygens (including phenoxy) is 1. The van der Waals surface area contributed by atoms with Crippen LogP contribution in [0.4, 0.5) is 13.2 Å². The second-order valence-corrected chi connectivity index (χ2v) is 10.9. The van der Waals surface area contributed by atoms with E-state index in [-0.39, 0.29) is 10.4 Å². The van der Waals surface area contributed by atoms with Gasteiger partial charge in [0.25, 0.3) is 10.0 Å². The Bertz CT molecular complexity index is 863. The lowest BCUT2D eigenvalue weighted by Crippen LogP contribution is -2.50.